The number of fused-ring (bicyclic) bond motifs is 1. The second kappa shape index (κ2) is 5.12. The van der Waals surface area contributed by atoms with Gasteiger partial charge in [0.05, 0.1) is 6.61 Å². The molecule has 1 aliphatic heterocycles. The number of aromatic nitrogens is 1. The lowest BCUT2D eigenvalue weighted by molar-refractivity contribution is 0.178. The van der Waals surface area contributed by atoms with Gasteiger partial charge in [0.15, 0.2) is 0 Å². The van der Waals surface area contributed by atoms with Crippen molar-refractivity contribution >= 4 is 10.9 Å². The molecule has 1 aromatic heterocycles. The zero-order chi connectivity index (χ0) is 12.4. The maximum absolute atomic E-state index is 5.43. The van der Waals surface area contributed by atoms with Gasteiger partial charge in [0.1, 0.15) is 0 Å². The molecule has 0 amide bonds. The van der Waals surface area contributed by atoms with Crippen LogP contribution in [0.4, 0.5) is 0 Å². The summed E-state index contributed by atoms with van der Waals surface area (Å²) >= 11 is 0. The van der Waals surface area contributed by atoms with Gasteiger partial charge in [-0.05, 0) is 42.3 Å². The Morgan fingerprint density at radius 1 is 1.44 bits per heavy atom. The van der Waals surface area contributed by atoms with Gasteiger partial charge in [0.2, 0.25) is 0 Å². The summed E-state index contributed by atoms with van der Waals surface area (Å²) in [5, 5.41) is 4.88. The fraction of sp³-hybridized carbons (Fsp3) is 0.467. The maximum Gasteiger partial charge on any atom is 0.0509 e. The summed E-state index contributed by atoms with van der Waals surface area (Å²) in [4.78, 5) is 3.25. The van der Waals surface area contributed by atoms with Crippen LogP contribution in [0.15, 0.2) is 30.5 Å². The summed E-state index contributed by atoms with van der Waals surface area (Å²) in [5.74, 6) is 0.666. The van der Waals surface area contributed by atoms with E-state index >= 15 is 0 Å². The quantitative estimate of drug-likeness (QED) is 0.867. The van der Waals surface area contributed by atoms with E-state index in [1.807, 2.05) is 6.20 Å². The standard InChI is InChI=1S/C15H20N2O/c1-11(14-5-7-18-10-14)17-9-12-2-3-13-4-6-16-15(13)8-12/h2-4,6,8,11,14,16-17H,5,7,9-10H2,1H3. The van der Waals surface area contributed by atoms with Crippen LogP contribution in [-0.2, 0) is 11.3 Å². The molecule has 0 saturated carbocycles. The molecule has 0 bridgehead atoms. The molecule has 0 spiro atoms. The van der Waals surface area contributed by atoms with Gasteiger partial charge >= 0.3 is 0 Å². The first-order valence-electron chi connectivity index (χ1n) is 6.70. The first-order chi connectivity index (χ1) is 8.83. The fourth-order valence-electron chi connectivity index (χ4n) is 2.60. The number of aromatic amines is 1. The van der Waals surface area contributed by atoms with E-state index in [0.29, 0.717) is 12.0 Å². The van der Waals surface area contributed by atoms with Crippen molar-refractivity contribution in [2.75, 3.05) is 13.2 Å². The van der Waals surface area contributed by atoms with Gasteiger partial charge in [-0.1, -0.05) is 12.1 Å². The average Bonchev–Trinajstić information content (AvgIpc) is 3.05. The van der Waals surface area contributed by atoms with Crippen molar-refractivity contribution in [3.8, 4) is 0 Å². The molecule has 1 saturated heterocycles. The third-order valence-electron chi connectivity index (χ3n) is 3.92. The third-order valence-corrected chi connectivity index (χ3v) is 3.92. The highest BCUT2D eigenvalue weighted by molar-refractivity contribution is 5.79. The van der Waals surface area contributed by atoms with Crippen LogP contribution in [0.2, 0.25) is 0 Å². The Kier molecular flexibility index (Phi) is 3.35. The highest BCUT2D eigenvalue weighted by atomic mass is 16.5. The summed E-state index contributed by atoms with van der Waals surface area (Å²) in [6.07, 6.45) is 3.17. The molecule has 3 rings (SSSR count). The first kappa shape index (κ1) is 11.8. The second-order valence-electron chi connectivity index (χ2n) is 5.19. The van der Waals surface area contributed by atoms with Crippen molar-refractivity contribution in [3.63, 3.8) is 0 Å². The molecule has 3 nitrogen and oxygen atoms in total. The van der Waals surface area contributed by atoms with E-state index in [-0.39, 0.29) is 0 Å². The van der Waals surface area contributed by atoms with Gasteiger partial charge < -0.3 is 15.0 Å². The molecule has 0 radical (unpaired) electrons. The van der Waals surface area contributed by atoms with Crippen LogP contribution in [0, 0.1) is 5.92 Å². The average molecular weight is 244 g/mol. The van der Waals surface area contributed by atoms with Crippen LogP contribution in [0.1, 0.15) is 18.9 Å². The zero-order valence-corrected chi connectivity index (χ0v) is 10.8. The minimum atomic E-state index is 0.520. The predicted octanol–water partition coefficient (Wildman–Crippen LogP) is 2.68. The molecule has 1 aromatic carbocycles. The van der Waals surface area contributed by atoms with E-state index in [9.17, 15) is 0 Å². The molecule has 2 aromatic rings. The van der Waals surface area contributed by atoms with Crippen molar-refractivity contribution in [3.05, 3.63) is 36.0 Å². The van der Waals surface area contributed by atoms with E-state index in [0.717, 1.165) is 19.8 Å². The monoisotopic (exact) mass is 244 g/mol. The SMILES string of the molecule is CC(NCc1ccc2cc[nH]c2c1)C1CCOC1. The minimum absolute atomic E-state index is 0.520. The summed E-state index contributed by atoms with van der Waals surface area (Å²) in [6, 6.07) is 9.21. The molecule has 2 heterocycles. The molecular weight excluding hydrogens is 224 g/mol. The van der Waals surface area contributed by atoms with Crippen molar-refractivity contribution in [1.82, 2.24) is 10.3 Å². The normalized spacial score (nSPS) is 21.5. The number of nitrogens with one attached hydrogen (secondary N) is 2. The molecule has 0 aliphatic carbocycles. The summed E-state index contributed by atoms with van der Waals surface area (Å²) in [5.41, 5.74) is 2.54. The topological polar surface area (TPSA) is 37.0 Å². The van der Waals surface area contributed by atoms with Gasteiger partial charge in [-0.3, -0.25) is 0 Å². The highest BCUT2D eigenvalue weighted by Crippen LogP contribution is 2.18. The molecule has 96 valence electrons. The Morgan fingerprint density at radius 3 is 3.22 bits per heavy atom. The Balaban J connectivity index is 1.61. The van der Waals surface area contributed by atoms with Crippen molar-refractivity contribution < 1.29 is 4.74 Å². The van der Waals surface area contributed by atoms with Gasteiger partial charge in [-0.2, -0.15) is 0 Å². The number of rotatable bonds is 4. The molecule has 1 aliphatic rings. The van der Waals surface area contributed by atoms with E-state index in [4.69, 9.17) is 4.74 Å². The fourth-order valence-corrected chi connectivity index (χ4v) is 2.60. The van der Waals surface area contributed by atoms with Gasteiger partial charge in [0, 0.05) is 30.9 Å². The zero-order valence-electron chi connectivity index (χ0n) is 10.8. The molecule has 2 unspecified atom stereocenters. The van der Waals surface area contributed by atoms with Gasteiger partial charge in [-0.15, -0.1) is 0 Å². The van der Waals surface area contributed by atoms with E-state index < -0.39 is 0 Å². The number of H-pyrrole nitrogens is 1. The second-order valence-corrected chi connectivity index (χ2v) is 5.19. The summed E-state index contributed by atoms with van der Waals surface area (Å²) in [6.45, 7) is 5.01. The maximum atomic E-state index is 5.43. The highest BCUT2D eigenvalue weighted by Gasteiger charge is 2.21. The smallest absolute Gasteiger partial charge is 0.0509 e. The lowest BCUT2D eigenvalue weighted by atomic mass is 10.0. The number of ether oxygens (including phenoxy) is 1. The molecule has 18 heavy (non-hydrogen) atoms. The molecule has 1 fully saturated rings. The predicted molar refractivity (Wildman–Crippen MR) is 73.5 cm³/mol. The Bertz CT molecular complexity index is 514. The van der Waals surface area contributed by atoms with Crippen molar-refractivity contribution in [2.24, 2.45) is 5.92 Å². The van der Waals surface area contributed by atoms with E-state index in [1.165, 1.54) is 22.9 Å². The minimum Gasteiger partial charge on any atom is -0.381 e. The summed E-state index contributed by atoms with van der Waals surface area (Å²) < 4.78 is 5.43. The Labute approximate surface area is 108 Å². The van der Waals surface area contributed by atoms with Gasteiger partial charge in [-0.25, -0.2) is 0 Å². The van der Waals surface area contributed by atoms with Crippen LogP contribution < -0.4 is 5.32 Å². The van der Waals surface area contributed by atoms with Crippen LogP contribution in [0.3, 0.4) is 0 Å². The Morgan fingerprint density at radius 2 is 2.39 bits per heavy atom. The largest absolute Gasteiger partial charge is 0.381 e. The van der Waals surface area contributed by atoms with Gasteiger partial charge in [0.25, 0.3) is 0 Å². The van der Waals surface area contributed by atoms with Crippen LogP contribution in [-0.4, -0.2) is 24.2 Å². The van der Waals surface area contributed by atoms with E-state index in [1.54, 1.807) is 0 Å². The molecule has 2 N–H and O–H groups in total. The van der Waals surface area contributed by atoms with Crippen molar-refractivity contribution in [2.45, 2.75) is 25.9 Å². The van der Waals surface area contributed by atoms with E-state index in [2.05, 4.69) is 41.5 Å². The lowest BCUT2D eigenvalue weighted by Crippen LogP contribution is -2.33. The number of hydrogen-bond donors (Lipinski definition) is 2. The van der Waals surface area contributed by atoms with Crippen LogP contribution >= 0.6 is 0 Å². The van der Waals surface area contributed by atoms with Crippen LogP contribution in [0.5, 0.6) is 0 Å². The molecular formula is C15H20N2O. The third kappa shape index (κ3) is 2.42. The number of hydrogen-bond acceptors (Lipinski definition) is 2. The molecule has 3 heteroatoms. The lowest BCUT2D eigenvalue weighted by Gasteiger charge is -2.19. The summed E-state index contributed by atoms with van der Waals surface area (Å²) in [7, 11) is 0. The van der Waals surface area contributed by atoms with Crippen molar-refractivity contribution in [1.29, 1.82) is 0 Å². The molecule has 2 atom stereocenters. The number of benzene rings is 1. The van der Waals surface area contributed by atoms with Crippen LogP contribution in [0.25, 0.3) is 10.9 Å². The Hall–Kier alpha value is -1.32. The first-order valence-corrected chi connectivity index (χ1v) is 6.70.